The second-order valence-electron chi connectivity index (χ2n) is 4.55. The number of aromatic nitrogens is 2. The number of hydrogen-bond acceptors (Lipinski definition) is 4. The van der Waals surface area contributed by atoms with Crippen molar-refractivity contribution < 1.29 is 0 Å². The maximum absolute atomic E-state index is 4.51. The fourth-order valence-electron chi connectivity index (χ4n) is 1.56. The molecule has 17 heavy (non-hydrogen) atoms. The molecule has 0 aliphatic heterocycles. The molecule has 1 aromatic heterocycles. The van der Waals surface area contributed by atoms with Crippen LogP contribution < -0.4 is 10.6 Å². The van der Waals surface area contributed by atoms with E-state index in [0.29, 0.717) is 5.92 Å². The zero-order valence-corrected chi connectivity index (χ0v) is 11.4. The molecule has 0 saturated heterocycles. The van der Waals surface area contributed by atoms with E-state index in [9.17, 15) is 0 Å². The molecule has 0 aromatic carbocycles. The van der Waals surface area contributed by atoms with Crippen LogP contribution in [0.2, 0.25) is 0 Å². The fraction of sp³-hybridized carbons (Fsp3) is 0.692. The highest BCUT2D eigenvalue weighted by Crippen LogP contribution is 2.14. The minimum absolute atomic E-state index is 0.444. The Balaban J connectivity index is 2.47. The van der Waals surface area contributed by atoms with Crippen molar-refractivity contribution in [1.29, 1.82) is 0 Å². The van der Waals surface area contributed by atoms with E-state index < -0.39 is 0 Å². The summed E-state index contributed by atoms with van der Waals surface area (Å²) in [6, 6.07) is 2.05. The van der Waals surface area contributed by atoms with E-state index in [4.69, 9.17) is 0 Å². The van der Waals surface area contributed by atoms with Gasteiger partial charge in [-0.2, -0.15) is 0 Å². The summed E-state index contributed by atoms with van der Waals surface area (Å²) < 4.78 is 0. The Morgan fingerprint density at radius 1 is 1.24 bits per heavy atom. The van der Waals surface area contributed by atoms with Crippen LogP contribution in [0.3, 0.4) is 0 Å². The molecule has 0 aliphatic rings. The minimum atomic E-state index is 0.444. The number of aryl methyl sites for hydroxylation is 1. The molecule has 0 spiro atoms. The van der Waals surface area contributed by atoms with Crippen LogP contribution in [0.15, 0.2) is 6.07 Å². The highest BCUT2D eigenvalue weighted by atomic mass is 15.1. The number of rotatable bonds is 7. The minimum Gasteiger partial charge on any atom is -0.354 e. The zero-order valence-electron chi connectivity index (χ0n) is 11.4. The van der Waals surface area contributed by atoms with Gasteiger partial charge in [-0.1, -0.05) is 20.8 Å². The van der Waals surface area contributed by atoms with Crippen LogP contribution in [0.4, 0.5) is 5.95 Å². The summed E-state index contributed by atoms with van der Waals surface area (Å²) in [6.07, 6.45) is 1.09. The van der Waals surface area contributed by atoms with Crippen molar-refractivity contribution in [3.05, 3.63) is 17.5 Å². The van der Waals surface area contributed by atoms with Gasteiger partial charge in [-0.3, -0.25) is 0 Å². The fourth-order valence-corrected chi connectivity index (χ4v) is 1.56. The van der Waals surface area contributed by atoms with Crippen LogP contribution in [-0.4, -0.2) is 29.6 Å². The lowest BCUT2D eigenvalue weighted by atomic mass is 10.1. The van der Waals surface area contributed by atoms with Gasteiger partial charge in [0.05, 0.1) is 0 Å². The van der Waals surface area contributed by atoms with Crippen molar-refractivity contribution in [3.8, 4) is 0 Å². The summed E-state index contributed by atoms with van der Waals surface area (Å²) in [7, 11) is 0. The van der Waals surface area contributed by atoms with Gasteiger partial charge in [0.15, 0.2) is 0 Å². The maximum atomic E-state index is 4.51. The molecule has 0 saturated carbocycles. The van der Waals surface area contributed by atoms with E-state index >= 15 is 0 Å². The average Bonchev–Trinajstić information content (AvgIpc) is 2.28. The summed E-state index contributed by atoms with van der Waals surface area (Å²) in [5.41, 5.74) is 2.13. The third-order valence-electron chi connectivity index (χ3n) is 2.53. The normalized spacial score (nSPS) is 10.9. The van der Waals surface area contributed by atoms with Crippen LogP contribution in [0.25, 0.3) is 0 Å². The summed E-state index contributed by atoms with van der Waals surface area (Å²) in [5.74, 6) is 1.20. The number of hydrogen-bond donors (Lipinski definition) is 2. The SMILES string of the molecule is CCNCCCNc1nc(C)cc(C(C)C)n1. The second-order valence-corrected chi connectivity index (χ2v) is 4.55. The van der Waals surface area contributed by atoms with E-state index in [1.165, 1.54) is 0 Å². The lowest BCUT2D eigenvalue weighted by Crippen LogP contribution is -2.18. The Kier molecular flexibility index (Phi) is 5.91. The predicted molar refractivity (Wildman–Crippen MR) is 72.5 cm³/mol. The number of nitrogens with zero attached hydrogens (tertiary/aromatic N) is 2. The van der Waals surface area contributed by atoms with Crippen molar-refractivity contribution in [3.63, 3.8) is 0 Å². The maximum Gasteiger partial charge on any atom is 0.223 e. The Morgan fingerprint density at radius 2 is 2.00 bits per heavy atom. The lowest BCUT2D eigenvalue weighted by molar-refractivity contribution is 0.686. The molecule has 0 bridgehead atoms. The largest absolute Gasteiger partial charge is 0.354 e. The Hall–Kier alpha value is -1.16. The molecular formula is C13H24N4. The molecule has 4 heteroatoms. The molecule has 96 valence electrons. The van der Waals surface area contributed by atoms with Gasteiger partial charge >= 0.3 is 0 Å². The first-order valence-electron chi connectivity index (χ1n) is 6.43. The Labute approximate surface area is 104 Å². The van der Waals surface area contributed by atoms with Crippen LogP contribution in [0.5, 0.6) is 0 Å². The molecule has 1 heterocycles. The predicted octanol–water partition coefficient (Wildman–Crippen LogP) is 2.32. The smallest absolute Gasteiger partial charge is 0.223 e. The van der Waals surface area contributed by atoms with Crippen molar-refractivity contribution in [2.45, 2.75) is 40.0 Å². The molecule has 1 aromatic rings. The summed E-state index contributed by atoms with van der Waals surface area (Å²) in [5, 5.41) is 6.57. The number of nitrogens with one attached hydrogen (secondary N) is 2. The summed E-state index contributed by atoms with van der Waals surface area (Å²) in [6.45, 7) is 11.4. The molecule has 1 rings (SSSR count). The summed E-state index contributed by atoms with van der Waals surface area (Å²) in [4.78, 5) is 8.90. The zero-order chi connectivity index (χ0) is 12.7. The van der Waals surface area contributed by atoms with Gasteiger partial charge in [0, 0.05) is 17.9 Å². The van der Waals surface area contributed by atoms with Gasteiger partial charge in [-0.25, -0.2) is 9.97 Å². The molecule has 0 atom stereocenters. The van der Waals surface area contributed by atoms with Gasteiger partial charge in [0.2, 0.25) is 5.95 Å². The highest BCUT2D eigenvalue weighted by Gasteiger charge is 2.04. The van der Waals surface area contributed by atoms with Crippen LogP contribution in [0, 0.1) is 6.92 Å². The molecule has 0 unspecified atom stereocenters. The van der Waals surface area contributed by atoms with Crippen molar-refractivity contribution in [2.75, 3.05) is 25.0 Å². The van der Waals surface area contributed by atoms with Crippen LogP contribution in [0.1, 0.15) is 44.5 Å². The second kappa shape index (κ2) is 7.22. The quantitative estimate of drug-likeness (QED) is 0.713. The van der Waals surface area contributed by atoms with Crippen molar-refractivity contribution in [1.82, 2.24) is 15.3 Å². The van der Waals surface area contributed by atoms with E-state index in [2.05, 4.69) is 47.4 Å². The molecule has 0 radical (unpaired) electrons. The molecule has 0 aliphatic carbocycles. The lowest BCUT2D eigenvalue weighted by Gasteiger charge is -2.10. The van der Waals surface area contributed by atoms with Gasteiger partial charge in [0.1, 0.15) is 0 Å². The highest BCUT2D eigenvalue weighted by molar-refractivity contribution is 5.28. The third-order valence-corrected chi connectivity index (χ3v) is 2.53. The van der Waals surface area contributed by atoms with Crippen LogP contribution in [-0.2, 0) is 0 Å². The molecule has 0 amide bonds. The average molecular weight is 236 g/mol. The molecule has 2 N–H and O–H groups in total. The third kappa shape index (κ3) is 5.13. The van der Waals surface area contributed by atoms with Crippen molar-refractivity contribution in [2.24, 2.45) is 0 Å². The monoisotopic (exact) mass is 236 g/mol. The first kappa shape index (κ1) is 13.9. The van der Waals surface area contributed by atoms with E-state index in [-0.39, 0.29) is 0 Å². The topological polar surface area (TPSA) is 49.8 Å². The van der Waals surface area contributed by atoms with Gasteiger partial charge < -0.3 is 10.6 Å². The van der Waals surface area contributed by atoms with Gasteiger partial charge in [-0.05, 0) is 38.4 Å². The summed E-state index contributed by atoms with van der Waals surface area (Å²) >= 11 is 0. The van der Waals surface area contributed by atoms with E-state index in [1.807, 2.05) is 6.92 Å². The van der Waals surface area contributed by atoms with E-state index in [0.717, 1.165) is 43.4 Å². The van der Waals surface area contributed by atoms with Crippen LogP contribution >= 0.6 is 0 Å². The molecule has 4 nitrogen and oxygen atoms in total. The Bertz CT molecular complexity index is 336. The molecular weight excluding hydrogens is 212 g/mol. The van der Waals surface area contributed by atoms with E-state index in [1.54, 1.807) is 0 Å². The Morgan fingerprint density at radius 3 is 2.65 bits per heavy atom. The van der Waals surface area contributed by atoms with Crippen molar-refractivity contribution >= 4 is 5.95 Å². The number of anilines is 1. The van der Waals surface area contributed by atoms with Gasteiger partial charge in [-0.15, -0.1) is 0 Å². The first-order valence-corrected chi connectivity index (χ1v) is 6.43. The standard InChI is InChI=1S/C13H24N4/c1-5-14-7-6-8-15-13-16-11(4)9-12(17-13)10(2)3/h9-10,14H,5-8H2,1-4H3,(H,15,16,17). The molecule has 0 fully saturated rings. The van der Waals surface area contributed by atoms with Gasteiger partial charge in [0.25, 0.3) is 0 Å². The first-order chi connectivity index (χ1) is 8.13.